The molecule has 18 heavy (non-hydrogen) atoms. The first kappa shape index (κ1) is 15.1. The summed E-state index contributed by atoms with van der Waals surface area (Å²) in [6, 6.07) is 5.19. The molecule has 1 aromatic carbocycles. The molecule has 0 heterocycles. The minimum Gasteiger partial charge on any atom is -0.305 e. The average molecular weight is 270 g/mol. The Balaban J connectivity index is 2.71. The van der Waals surface area contributed by atoms with Crippen molar-refractivity contribution in [1.29, 1.82) is 0 Å². The molecule has 0 atom stereocenters. The van der Waals surface area contributed by atoms with Crippen LogP contribution in [-0.2, 0) is 10.0 Å². The highest BCUT2D eigenvalue weighted by molar-refractivity contribution is 7.89. The molecule has 4 nitrogen and oxygen atoms in total. The number of sulfonamides is 1. The number of hydrogen-bond donors (Lipinski definition) is 1. The van der Waals surface area contributed by atoms with Crippen LogP contribution in [0.1, 0.15) is 18.1 Å². The van der Waals surface area contributed by atoms with E-state index in [9.17, 15) is 8.42 Å². The van der Waals surface area contributed by atoms with E-state index >= 15 is 0 Å². The van der Waals surface area contributed by atoms with Crippen LogP contribution in [0.2, 0.25) is 0 Å². The van der Waals surface area contributed by atoms with Crippen molar-refractivity contribution in [3.05, 3.63) is 29.3 Å². The maximum Gasteiger partial charge on any atom is 0.240 e. The normalized spacial score (nSPS) is 12.1. The SMILES string of the molecule is CCN(C)CCNS(=O)(=O)c1ccc(C)c(C)c1. The van der Waals surface area contributed by atoms with Crippen molar-refractivity contribution < 1.29 is 8.42 Å². The van der Waals surface area contributed by atoms with Gasteiger partial charge in [0, 0.05) is 13.1 Å². The number of hydrogen-bond acceptors (Lipinski definition) is 3. The summed E-state index contributed by atoms with van der Waals surface area (Å²) in [5, 5.41) is 0. The molecule has 0 aliphatic carbocycles. The van der Waals surface area contributed by atoms with Crippen molar-refractivity contribution >= 4 is 10.0 Å². The molecule has 0 unspecified atom stereocenters. The topological polar surface area (TPSA) is 49.4 Å². The van der Waals surface area contributed by atoms with Gasteiger partial charge in [0.25, 0.3) is 0 Å². The van der Waals surface area contributed by atoms with Crippen molar-refractivity contribution in [2.45, 2.75) is 25.7 Å². The van der Waals surface area contributed by atoms with Gasteiger partial charge >= 0.3 is 0 Å². The summed E-state index contributed by atoms with van der Waals surface area (Å²) in [6.45, 7) is 7.97. The standard InChI is InChI=1S/C13H22N2O2S/c1-5-15(4)9-8-14-18(16,17)13-7-6-11(2)12(3)10-13/h6-7,10,14H,5,8-9H2,1-4H3. The highest BCUT2D eigenvalue weighted by atomic mass is 32.2. The molecule has 1 aromatic rings. The summed E-state index contributed by atoms with van der Waals surface area (Å²) < 4.78 is 26.7. The summed E-state index contributed by atoms with van der Waals surface area (Å²) >= 11 is 0. The molecular weight excluding hydrogens is 248 g/mol. The first-order valence-electron chi connectivity index (χ1n) is 6.12. The lowest BCUT2D eigenvalue weighted by atomic mass is 10.1. The van der Waals surface area contributed by atoms with Crippen LogP contribution in [0, 0.1) is 13.8 Å². The number of aryl methyl sites for hydroxylation is 2. The molecule has 0 spiro atoms. The number of benzene rings is 1. The predicted octanol–water partition coefficient (Wildman–Crippen LogP) is 1.53. The second-order valence-electron chi connectivity index (χ2n) is 4.54. The summed E-state index contributed by atoms with van der Waals surface area (Å²) in [6.07, 6.45) is 0. The van der Waals surface area contributed by atoms with E-state index in [-0.39, 0.29) is 0 Å². The summed E-state index contributed by atoms with van der Waals surface area (Å²) in [5.74, 6) is 0. The molecule has 0 saturated heterocycles. The van der Waals surface area contributed by atoms with Crippen LogP contribution in [-0.4, -0.2) is 40.0 Å². The number of likely N-dealkylation sites (N-methyl/N-ethyl adjacent to an activating group) is 1. The van der Waals surface area contributed by atoms with Crippen LogP contribution < -0.4 is 4.72 Å². The molecule has 0 fully saturated rings. The minimum absolute atomic E-state index is 0.338. The van der Waals surface area contributed by atoms with Crippen LogP contribution >= 0.6 is 0 Å². The van der Waals surface area contributed by atoms with E-state index in [1.165, 1.54) is 0 Å². The fraction of sp³-hybridized carbons (Fsp3) is 0.538. The van der Waals surface area contributed by atoms with Gasteiger partial charge in [0.2, 0.25) is 10.0 Å². The van der Waals surface area contributed by atoms with Gasteiger partial charge in [-0.05, 0) is 50.7 Å². The molecule has 0 amide bonds. The van der Waals surface area contributed by atoms with Gasteiger partial charge in [-0.2, -0.15) is 0 Å². The van der Waals surface area contributed by atoms with Gasteiger partial charge in [-0.1, -0.05) is 13.0 Å². The fourth-order valence-electron chi connectivity index (χ4n) is 1.49. The Hall–Kier alpha value is -0.910. The summed E-state index contributed by atoms with van der Waals surface area (Å²) in [4.78, 5) is 2.40. The Morgan fingerprint density at radius 3 is 2.44 bits per heavy atom. The third-order valence-corrected chi connectivity index (χ3v) is 4.57. The van der Waals surface area contributed by atoms with Gasteiger partial charge in [0.1, 0.15) is 0 Å². The Bertz CT molecular complexity index is 498. The average Bonchev–Trinajstić information content (AvgIpc) is 2.32. The van der Waals surface area contributed by atoms with Crippen LogP contribution in [0.3, 0.4) is 0 Å². The van der Waals surface area contributed by atoms with E-state index in [1.54, 1.807) is 12.1 Å². The molecular formula is C13H22N2O2S. The molecule has 0 bridgehead atoms. The number of nitrogens with zero attached hydrogens (tertiary/aromatic N) is 1. The van der Waals surface area contributed by atoms with Crippen molar-refractivity contribution in [2.75, 3.05) is 26.7 Å². The molecule has 0 aliphatic heterocycles. The highest BCUT2D eigenvalue weighted by Gasteiger charge is 2.13. The Morgan fingerprint density at radius 2 is 1.89 bits per heavy atom. The van der Waals surface area contributed by atoms with E-state index in [1.807, 2.05) is 33.9 Å². The minimum atomic E-state index is -3.38. The van der Waals surface area contributed by atoms with Gasteiger partial charge in [-0.25, -0.2) is 13.1 Å². The van der Waals surface area contributed by atoms with Gasteiger partial charge in [-0.15, -0.1) is 0 Å². The number of rotatable bonds is 6. The lowest BCUT2D eigenvalue weighted by Gasteiger charge is -2.14. The van der Waals surface area contributed by atoms with E-state index < -0.39 is 10.0 Å². The van der Waals surface area contributed by atoms with Gasteiger partial charge in [0.15, 0.2) is 0 Å². The summed E-state index contributed by atoms with van der Waals surface area (Å²) in [7, 11) is -1.42. The molecule has 0 radical (unpaired) electrons. The smallest absolute Gasteiger partial charge is 0.240 e. The molecule has 1 rings (SSSR count). The van der Waals surface area contributed by atoms with E-state index in [0.717, 1.165) is 17.7 Å². The third kappa shape index (κ3) is 4.08. The highest BCUT2D eigenvalue weighted by Crippen LogP contribution is 2.14. The van der Waals surface area contributed by atoms with Gasteiger partial charge < -0.3 is 4.90 Å². The molecule has 0 aromatic heterocycles. The Labute approximate surface area is 110 Å². The first-order valence-corrected chi connectivity index (χ1v) is 7.60. The zero-order valence-corrected chi connectivity index (χ0v) is 12.3. The molecule has 1 N–H and O–H groups in total. The number of nitrogens with one attached hydrogen (secondary N) is 1. The van der Waals surface area contributed by atoms with Crippen molar-refractivity contribution in [1.82, 2.24) is 9.62 Å². The van der Waals surface area contributed by atoms with Crippen LogP contribution in [0.5, 0.6) is 0 Å². The summed E-state index contributed by atoms with van der Waals surface area (Å²) in [5.41, 5.74) is 2.09. The fourth-order valence-corrected chi connectivity index (χ4v) is 2.60. The largest absolute Gasteiger partial charge is 0.305 e. The van der Waals surface area contributed by atoms with Crippen LogP contribution in [0.25, 0.3) is 0 Å². The quantitative estimate of drug-likeness (QED) is 0.853. The maximum absolute atomic E-state index is 12.0. The predicted molar refractivity (Wildman–Crippen MR) is 74.3 cm³/mol. The first-order chi connectivity index (χ1) is 8.36. The van der Waals surface area contributed by atoms with Crippen molar-refractivity contribution in [2.24, 2.45) is 0 Å². The van der Waals surface area contributed by atoms with Crippen LogP contribution in [0.4, 0.5) is 0 Å². The maximum atomic E-state index is 12.0. The molecule has 5 heteroatoms. The Kier molecular flexibility index (Phi) is 5.31. The molecule has 102 valence electrons. The van der Waals surface area contributed by atoms with E-state index in [4.69, 9.17) is 0 Å². The van der Waals surface area contributed by atoms with Crippen molar-refractivity contribution in [3.8, 4) is 0 Å². The van der Waals surface area contributed by atoms with E-state index in [2.05, 4.69) is 9.62 Å². The zero-order valence-electron chi connectivity index (χ0n) is 11.5. The zero-order chi connectivity index (χ0) is 13.8. The lowest BCUT2D eigenvalue weighted by molar-refractivity contribution is 0.358. The monoisotopic (exact) mass is 270 g/mol. The Morgan fingerprint density at radius 1 is 1.22 bits per heavy atom. The lowest BCUT2D eigenvalue weighted by Crippen LogP contribution is -2.32. The molecule has 0 saturated carbocycles. The van der Waals surface area contributed by atoms with E-state index in [0.29, 0.717) is 18.0 Å². The van der Waals surface area contributed by atoms with Crippen LogP contribution in [0.15, 0.2) is 23.1 Å². The second kappa shape index (κ2) is 6.31. The second-order valence-corrected chi connectivity index (χ2v) is 6.31. The van der Waals surface area contributed by atoms with Crippen molar-refractivity contribution in [3.63, 3.8) is 0 Å². The molecule has 0 aliphatic rings. The third-order valence-electron chi connectivity index (χ3n) is 3.11. The van der Waals surface area contributed by atoms with Gasteiger partial charge in [-0.3, -0.25) is 0 Å². The van der Waals surface area contributed by atoms with Gasteiger partial charge in [0.05, 0.1) is 4.90 Å².